The van der Waals surface area contributed by atoms with Crippen LogP contribution in [0, 0.1) is 5.92 Å². The van der Waals surface area contributed by atoms with E-state index in [4.69, 9.17) is 25.8 Å². The fourth-order valence-electron chi connectivity index (χ4n) is 2.78. The molecule has 0 radical (unpaired) electrons. The highest BCUT2D eigenvalue weighted by Crippen LogP contribution is 2.43. The van der Waals surface area contributed by atoms with Gasteiger partial charge in [-0.15, -0.1) is 0 Å². The van der Waals surface area contributed by atoms with Crippen LogP contribution in [-0.4, -0.2) is 30.9 Å². The van der Waals surface area contributed by atoms with E-state index in [1.807, 2.05) is 0 Å². The third-order valence-electron chi connectivity index (χ3n) is 3.79. The Morgan fingerprint density at radius 2 is 2.00 bits per heavy atom. The molecule has 6 heteroatoms. The van der Waals surface area contributed by atoms with Gasteiger partial charge in [-0.3, -0.25) is 4.79 Å². The van der Waals surface area contributed by atoms with Gasteiger partial charge >= 0.3 is 5.97 Å². The maximum atomic E-state index is 11.4. The molecule has 1 aromatic carbocycles. The van der Waals surface area contributed by atoms with Gasteiger partial charge in [-0.1, -0.05) is 11.6 Å². The molecule has 5 nitrogen and oxygen atoms in total. The summed E-state index contributed by atoms with van der Waals surface area (Å²) in [7, 11) is 0. The lowest BCUT2D eigenvalue weighted by molar-refractivity contribution is -0.151. The lowest BCUT2D eigenvalue weighted by atomic mass is 9.89. The highest BCUT2D eigenvalue weighted by atomic mass is 35.5. The van der Waals surface area contributed by atoms with E-state index in [0.717, 1.165) is 18.4 Å². The van der Waals surface area contributed by atoms with Crippen molar-refractivity contribution in [1.82, 2.24) is 0 Å². The van der Waals surface area contributed by atoms with Crippen molar-refractivity contribution < 1.29 is 24.1 Å². The molecule has 2 atom stereocenters. The van der Waals surface area contributed by atoms with Crippen LogP contribution < -0.4 is 9.47 Å². The van der Waals surface area contributed by atoms with E-state index in [1.165, 1.54) is 0 Å². The van der Waals surface area contributed by atoms with Crippen molar-refractivity contribution in [3.05, 3.63) is 22.7 Å². The Morgan fingerprint density at radius 1 is 1.19 bits per heavy atom. The second-order valence-electron chi connectivity index (χ2n) is 5.26. The van der Waals surface area contributed by atoms with Crippen LogP contribution in [0.25, 0.3) is 0 Å². The van der Waals surface area contributed by atoms with Crippen LogP contribution in [0.3, 0.4) is 0 Å². The van der Waals surface area contributed by atoms with Crippen LogP contribution in [0.15, 0.2) is 12.1 Å². The monoisotopic (exact) mass is 312 g/mol. The molecule has 0 aliphatic carbocycles. The van der Waals surface area contributed by atoms with Crippen LogP contribution in [0.2, 0.25) is 5.02 Å². The molecule has 1 N–H and O–H groups in total. The van der Waals surface area contributed by atoms with Crippen LogP contribution >= 0.6 is 11.6 Å². The third kappa shape index (κ3) is 2.94. The van der Waals surface area contributed by atoms with Crippen molar-refractivity contribution in [3.8, 4) is 11.5 Å². The standard InChI is InChI=1S/C15H17ClO5/c16-11-7-9(8-12-14(11)21-6-2-5-19-12)13-10(15(17)18)3-1-4-20-13/h7-8,10,13H,1-6H2,(H,17,18). The summed E-state index contributed by atoms with van der Waals surface area (Å²) in [5.41, 5.74) is 0.733. The van der Waals surface area contributed by atoms with Crippen molar-refractivity contribution in [1.29, 1.82) is 0 Å². The Bertz CT molecular complexity index is 545. The largest absolute Gasteiger partial charge is 0.489 e. The van der Waals surface area contributed by atoms with E-state index in [-0.39, 0.29) is 0 Å². The zero-order valence-electron chi connectivity index (χ0n) is 11.5. The number of fused-ring (bicyclic) bond motifs is 1. The second kappa shape index (κ2) is 6.12. The SMILES string of the molecule is O=C(O)C1CCCOC1c1cc(Cl)c2c(c1)OCCCO2. The van der Waals surface area contributed by atoms with Crippen molar-refractivity contribution in [3.63, 3.8) is 0 Å². The molecule has 0 spiro atoms. The Labute approximate surface area is 127 Å². The number of aliphatic carboxylic acids is 1. The van der Waals surface area contributed by atoms with Gasteiger partial charge in [-0.2, -0.15) is 0 Å². The average Bonchev–Trinajstić information content (AvgIpc) is 2.73. The first-order valence-corrected chi connectivity index (χ1v) is 7.48. The molecule has 21 heavy (non-hydrogen) atoms. The van der Waals surface area contributed by atoms with Gasteiger partial charge in [-0.25, -0.2) is 0 Å². The lowest BCUT2D eigenvalue weighted by Crippen LogP contribution is -2.28. The topological polar surface area (TPSA) is 65.0 Å². The predicted octanol–water partition coefficient (Wildman–Crippen LogP) is 3.05. The quantitative estimate of drug-likeness (QED) is 0.909. The van der Waals surface area contributed by atoms with E-state index in [9.17, 15) is 9.90 Å². The van der Waals surface area contributed by atoms with Gasteiger partial charge < -0.3 is 19.3 Å². The first kappa shape index (κ1) is 14.5. The summed E-state index contributed by atoms with van der Waals surface area (Å²) in [6.45, 7) is 1.67. The van der Waals surface area contributed by atoms with Gasteiger partial charge in [0.05, 0.1) is 30.3 Å². The summed E-state index contributed by atoms with van der Waals surface area (Å²) >= 11 is 6.26. The Kier molecular flexibility index (Phi) is 4.22. The second-order valence-corrected chi connectivity index (χ2v) is 5.67. The lowest BCUT2D eigenvalue weighted by Gasteiger charge is -2.29. The minimum atomic E-state index is -0.845. The van der Waals surface area contributed by atoms with Crippen LogP contribution in [0.4, 0.5) is 0 Å². The smallest absolute Gasteiger partial charge is 0.309 e. The summed E-state index contributed by atoms with van der Waals surface area (Å²) in [5, 5.41) is 9.79. The number of halogens is 1. The van der Waals surface area contributed by atoms with E-state index >= 15 is 0 Å². The molecule has 2 aliphatic heterocycles. The average molecular weight is 313 g/mol. The molecule has 3 rings (SSSR count). The number of carboxylic acid groups (broad SMARTS) is 1. The molecule has 1 fully saturated rings. The summed E-state index contributed by atoms with van der Waals surface area (Å²) < 4.78 is 16.9. The number of benzene rings is 1. The molecule has 114 valence electrons. The van der Waals surface area contributed by atoms with Gasteiger partial charge in [0.25, 0.3) is 0 Å². The molecule has 2 heterocycles. The molecular weight excluding hydrogens is 296 g/mol. The minimum absolute atomic E-state index is 0.433. The van der Waals surface area contributed by atoms with E-state index in [0.29, 0.717) is 42.8 Å². The zero-order chi connectivity index (χ0) is 14.8. The molecule has 0 bridgehead atoms. The van der Waals surface area contributed by atoms with Crippen molar-refractivity contribution in [2.45, 2.75) is 25.4 Å². The maximum absolute atomic E-state index is 11.4. The number of rotatable bonds is 2. The molecule has 2 unspecified atom stereocenters. The minimum Gasteiger partial charge on any atom is -0.489 e. The van der Waals surface area contributed by atoms with E-state index < -0.39 is 18.0 Å². The highest BCUT2D eigenvalue weighted by Gasteiger charge is 2.34. The number of ether oxygens (including phenoxy) is 3. The fraction of sp³-hybridized carbons (Fsp3) is 0.533. The highest BCUT2D eigenvalue weighted by molar-refractivity contribution is 6.32. The molecule has 2 aliphatic rings. The summed E-state index contributed by atoms with van der Waals surface area (Å²) in [5.74, 6) is -0.309. The Balaban J connectivity index is 1.96. The summed E-state index contributed by atoms with van der Waals surface area (Å²) in [4.78, 5) is 11.4. The van der Waals surface area contributed by atoms with Crippen molar-refractivity contribution >= 4 is 17.6 Å². The Hall–Kier alpha value is -1.46. The van der Waals surface area contributed by atoms with E-state index in [2.05, 4.69) is 0 Å². The molecule has 0 amide bonds. The first-order valence-electron chi connectivity index (χ1n) is 7.10. The molecular formula is C15H17ClO5. The maximum Gasteiger partial charge on any atom is 0.309 e. The van der Waals surface area contributed by atoms with Crippen LogP contribution in [0.5, 0.6) is 11.5 Å². The van der Waals surface area contributed by atoms with Crippen molar-refractivity contribution in [2.24, 2.45) is 5.92 Å². The van der Waals surface area contributed by atoms with Gasteiger partial charge in [0.15, 0.2) is 11.5 Å². The number of carboxylic acids is 1. The van der Waals surface area contributed by atoms with Crippen LogP contribution in [0.1, 0.15) is 30.9 Å². The number of carbonyl (C=O) groups is 1. The van der Waals surface area contributed by atoms with Gasteiger partial charge in [0.1, 0.15) is 0 Å². The van der Waals surface area contributed by atoms with Crippen LogP contribution in [-0.2, 0) is 9.53 Å². The third-order valence-corrected chi connectivity index (χ3v) is 4.07. The summed E-state index contributed by atoms with van der Waals surface area (Å²) in [6.07, 6.45) is 1.65. The van der Waals surface area contributed by atoms with Gasteiger partial charge in [-0.05, 0) is 30.5 Å². The Morgan fingerprint density at radius 3 is 2.81 bits per heavy atom. The van der Waals surface area contributed by atoms with E-state index in [1.54, 1.807) is 12.1 Å². The first-order chi connectivity index (χ1) is 10.2. The zero-order valence-corrected chi connectivity index (χ0v) is 12.3. The van der Waals surface area contributed by atoms with Gasteiger partial charge in [0.2, 0.25) is 0 Å². The number of hydrogen-bond acceptors (Lipinski definition) is 4. The van der Waals surface area contributed by atoms with Crippen molar-refractivity contribution in [2.75, 3.05) is 19.8 Å². The predicted molar refractivity (Wildman–Crippen MR) is 76.1 cm³/mol. The molecule has 1 aromatic rings. The molecule has 0 aromatic heterocycles. The molecule has 0 saturated carbocycles. The molecule has 1 saturated heterocycles. The normalized spacial score (nSPS) is 25.2. The van der Waals surface area contributed by atoms with Gasteiger partial charge in [0, 0.05) is 13.0 Å². The fourth-order valence-corrected chi connectivity index (χ4v) is 3.05. The number of hydrogen-bond donors (Lipinski definition) is 1. The summed E-state index contributed by atoms with van der Waals surface area (Å²) in [6, 6.07) is 3.51.